The first-order valence-electron chi connectivity index (χ1n) is 8.53. The van der Waals surface area contributed by atoms with Gasteiger partial charge in [0.15, 0.2) is 6.10 Å². The average Bonchev–Trinajstić information content (AvgIpc) is 2.97. The highest BCUT2D eigenvalue weighted by Gasteiger charge is 2.24. The molecule has 3 aromatic rings. The summed E-state index contributed by atoms with van der Waals surface area (Å²) in [4.78, 5) is 43.8. The molecule has 2 N–H and O–H groups in total. The Morgan fingerprint density at radius 3 is 2.64 bits per heavy atom. The molecule has 0 radical (unpaired) electrons. The fourth-order valence-electron chi connectivity index (χ4n) is 2.79. The van der Waals surface area contributed by atoms with Crippen molar-refractivity contribution in [3.05, 3.63) is 58.5 Å². The molecule has 0 unspecified atom stereocenters. The minimum Gasteiger partial charge on any atom is -0.453 e. The van der Waals surface area contributed by atoms with E-state index in [1.165, 1.54) is 13.8 Å². The molecular formula is C20H18ClN3O4. The maximum atomic E-state index is 13.0. The van der Waals surface area contributed by atoms with Crippen molar-refractivity contribution >= 4 is 45.9 Å². The van der Waals surface area contributed by atoms with Crippen LogP contribution in [0.2, 0.25) is 5.02 Å². The molecule has 28 heavy (non-hydrogen) atoms. The number of hydrogen-bond acceptors (Lipinski definition) is 5. The molecule has 1 amide bonds. The zero-order valence-corrected chi connectivity index (χ0v) is 16.3. The second kappa shape index (κ2) is 7.82. The highest BCUT2D eigenvalue weighted by atomic mass is 35.5. The van der Waals surface area contributed by atoms with Gasteiger partial charge in [0.2, 0.25) is 5.78 Å². The summed E-state index contributed by atoms with van der Waals surface area (Å²) < 4.78 is 4.91. The smallest absolute Gasteiger partial charge is 0.303 e. The molecule has 2 aromatic heterocycles. The van der Waals surface area contributed by atoms with Gasteiger partial charge in [-0.1, -0.05) is 11.6 Å². The van der Waals surface area contributed by atoms with Crippen molar-refractivity contribution in [1.82, 2.24) is 9.97 Å². The molecule has 3 rings (SSSR count). The fraction of sp³-hybridized carbons (Fsp3) is 0.200. The Morgan fingerprint density at radius 1 is 1.21 bits per heavy atom. The van der Waals surface area contributed by atoms with Gasteiger partial charge in [-0.05, 0) is 49.7 Å². The molecule has 0 aliphatic carbocycles. The van der Waals surface area contributed by atoms with E-state index in [-0.39, 0.29) is 22.9 Å². The van der Waals surface area contributed by atoms with Crippen LogP contribution in [0.4, 0.5) is 5.69 Å². The molecule has 0 spiro atoms. The van der Waals surface area contributed by atoms with Crippen molar-refractivity contribution in [2.45, 2.75) is 26.9 Å². The largest absolute Gasteiger partial charge is 0.453 e. The predicted octanol–water partition coefficient (Wildman–Crippen LogP) is 3.65. The molecule has 8 heteroatoms. The second-order valence-corrected chi connectivity index (χ2v) is 6.79. The SMILES string of the molecule is CC(=O)O[C@@H](C)C(=O)Nc1c(C(=O)c2cc(C)ccn2)[nH]c2cc(Cl)ccc12. The average molecular weight is 400 g/mol. The van der Waals surface area contributed by atoms with E-state index in [1.807, 2.05) is 6.92 Å². The molecule has 1 aromatic carbocycles. The number of aromatic amines is 1. The summed E-state index contributed by atoms with van der Waals surface area (Å²) in [7, 11) is 0. The van der Waals surface area contributed by atoms with Gasteiger partial charge in [-0.25, -0.2) is 0 Å². The van der Waals surface area contributed by atoms with Gasteiger partial charge < -0.3 is 15.0 Å². The molecule has 0 bridgehead atoms. The zero-order chi connectivity index (χ0) is 20.4. The van der Waals surface area contributed by atoms with Crippen molar-refractivity contribution in [3.63, 3.8) is 0 Å². The summed E-state index contributed by atoms with van der Waals surface area (Å²) >= 11 is 6.05. The van der Waals surface area contributed by atoms with E-state index in [0.717, 1.165) is 5.56 Å². The Bertz CT molecular complexity index is 1090. The Balaban J connectivity index is 2.06. The fourth-order valence-corrected chi connectivity index (χ4v) is 2.96. The van der Waals surface area contributed by atoms with Gasteiger partial charge in [0.05, 0.1) is 5.69 Å². The third-order valence-electron chi connectivity index (χ3n) is 4.10. The molecule has 0 aliphatic rings. The van der Waals surface area contributed by atoms with Crippen molar-refractivity contribution in [2.24, 2.45) is 0 Å². The van der Waals surface area contributed by atoms with E-state index in [9.17, 15) is 14.4 Å². The van der Waals surface area contributed by atoms with Crippen LogP contribution in [-0.2, 0) is 14.3 Å². The molecule has 2 heterocycles. The monoisotopic (exact) mass is 399 g/mol. The quantitative estimate of drug-likeness (QED) is 0.503. The highest BCUT2D eigenvalue weighted by molar-refractivity contribution is 6.31. The van der Waals surface area contributed by atoms with Crippen molar-refractivity contribution in [1.29, 1.82) is 0 Å². The zero-order valence-electron chi connectivity index (χ0n) is 15.5. The summed E-state index contributed by atoms with van der Waals surface area (Å²) in [5, 5.41) is 3.76. The Labute approximate surface area is 166 Å². The van der Waals surface area contributed by atoms with E-state index in [1.54, 1.807) is 36.5 Å². The van der Waals surface area contributed by atoms with Crippen LogP contribution in [0.25, 0.3) is 10.9 Å². The Kier molecular flexibility index (Phi) is 5.46. The van der Waals surface area contributed by atoms with Crippen LogP contribution in [0.5, 0.6) is 0 Å². The van der Waals surface area contributed by atoms with Crippen LogP contribution in [-0.4, -0.2) is 33.7 Å². The number of H-pyrrole nitrogens is 1. The van der Waals surface area contributed by atoms with Gasteiger partial charge in [0, 0.05) is 29.0 Å². The number of amides is 1. The molecule has 0 aliphatic heterocycles. The lowest BCUT2D eigenvalue weighted by Gasteiger charge is -2.13. The minimum absolute atomic E-state index is 0.166. The number of nitrogens with one attached hydrogen (secondary N) is 2. The normalized spacial score (nSPS) is 11.9. The number of ether oxygens (including phenoxy) is 1. The molecule has 0 saturated carbocycles. The number of aromatic nitrogens is 2. The van der Waals surface area contributed by atoms with Crippen LogP contribution < -0.4 is 5.32 Å². The molecule has 0 fully saturated rings. The third kappa shape index (κ3) is 4.04. The topological polar surface area (TPSA) is 101 Å². The van der Waals surface area contributed by atoms with E-state index in [4.69, 9.17) is 16.3 Å². The number of esters is 1. The summed E-state index contributed by atoms with van der Waals surface area (Å²) in [5.74, 6) is -1.52. The summed E-state index contributed by atoms with van der Waals surface area (Å²) in [5.41, 5.74) is 2.15. The number of pyridine rings is 1. The highest BCUT2D eigenvalue weighted by Crippen LogP contribution is 2.31. The van der Waals surface area contributed by atoms with Gasteiger partial charge in [0.25, 0.3) is 5.91 Å². The number of benzene rings is 1. The van der Waals surface area contributed by atoms with Crippen LogP contribution in [0.3, 0.4) is 0 Å². The summed E-state index contributed by atoms with van der Waals surface area (Å²) in [6.07, 6.45) is 0.526. The number of aryl methyl sites for hydroxylation is 1. The Morgan fingerprint density at radius 2 is 1.96 bits per heavy atom. The first kappa shape index (κ1) is 19.6. The molecule has 0 saturated heterocycles. The maximum absolute atomic E-state index is 13.0. The van der Waals surface area contributed by atoms with Crippen molar-refractivity contribution in [2.75, 3.05) is 5.32 Å². The number of fused-ring (bicyclic) bond motifs is 1. The van der Waals surface area contributed by atoms with E-state index in [0.29, 0.717) is 15.9 Å². The lowest BCUT2D eigenvalue weighted by atomic mass is 10.1. The first-order chi connectivity index (χ1) is 13.3. The number of carbonyl (C=O) groups is 3. The number of carbonyl (C=O) groups excluding carboxylic acids is 3. The summed E-state index contributed by atoms with van der Waals surface area (Å²) in [6.45, 7) is 4.52. The lowest BCUT2D eigenvalue weighted by Crippen LogP contribution is -2.29. The first-order valence-corrected chi connectivity index (χ1v) is 8.90. The summed E-state index contributed by atoms with van der Waals surface area (Å²) in [6, 6.07) is 8.45. The molecular weight excluding hydrogens is 382 g/mol. The van der Waals surface area contributed by atoms with Gasteiger partial charge in [-0.15, -0.1) is 0 Å². The maximum Gasteiger partial charge on any atom is 0.303 e. The number of hydrogen-bond donors (Lipinski definition) is 2. The minimum atomic E-state index is -1.02. The number of halogens is 1. The van der Waals surface area contributed by atoms with E-state index >= 15 is 0 Å². The van der Waals surface area contributed by atoms with Crippen LogP contribution in [0.1, 0.15) is 35.6 Å². The van der Waals surface area contributed by atoms with E-state index in [2.05, 4.69) is 15.3 Å². The van der Waals surface area contributed by atoms with E-state index < -0.39 is 18.0 Å². The molecule has 1 atom stereocenters. The number of ketones is 1. The van der Waals surface area contributed by atoms with Crippen LogP contribution >= 0.6 is 11.6 Å². The van der Waals surface area contributed by atoms with Crippen molar-refractivity contribution < 1.29 is 19.1 Å². The van der Waals surface area contributed by atoms with Crippen LogP contribution in [0.15, 0.2) is 36.5 Å². The second-order valence-electron chi connectivity index (χ2n) is 6.35. The van der Waals surface area contributed by atoms with Gasteiger partial charge in [-0.3, -0.25) is 19.4 Å². The standard InChI is InChI=1S/C20H18ClN3O4/c1-10-6-7-22-16(8-10)19(26)18-17(24-20(27)11(2)28-12(3)25)14-5-4-13(21)9-15(14)23-18/h4-9,11,23H,1-3H3,(H,24,27)/t11-/m0/s1. The molecule has 7 nitrogen and oxygen atoms in total. The van der Waals surface area contributed by atoms with Gasteiger partial charge in [-0.2, -0.15) is 0 Å². The number of anilines is 1. The lowest BCUT2D eigenvalue weighted by molar-refractivity contribution is -0.150. The number of nitrogens with zero attached hydrogens (tertiary/aromatic N) is 1. The Hall–Kier alpha value is -3.19. The van der Waals surface area contributed by atoms with Crippen LogP contribution in [0, 0.1) is 6.92 Å². The predicted molar refractivity (Wildman–Crippen MR) is 106 cm³/mol. The molecule has 144 valence electrons. The van der Waals surface area contributed by atoms with Crippen molar-refractivity contribution in [3.8, 4) is 0 Å². The number of rotatable bonds is 5. The van der Waals surface area contributed by atoms with Gasteiger partial charge in [0.1, 0.15) is 11.4 Å². The van der Waals surface area contributed by atoms with Gasteiger partial charge >= 0.3 is 5.97 Å². The third-order valence-corrected chi connectivity index (χ3v) is 4.33.